The lowest BCUT2D eigenvalue weighted by atomic mass is 10.1. The SMILES string of the molecule is Cc1cc(CNC(=O)CCC(=O)c2ccc3c(c2)OCCCO3)ccc1F. The van der Waals surface area contributed by atoms with Crippen molar-refractivity contribution in [1.29, 1.82) is 0 Å². The van der Waals surface area contributed by atoms with Crippen LogP contribution in [0.5, 0.6) is 11.5 Å². The van der Waals surface area contributed by atoms with Crippen molar-refractivity contribution in [2.45, 2.75) is 32.7 Å². The summed E-state index contributed by atoms with van der Waals surface area (Å²) in [7, 11) is 0. The Morgan fingerprint density at radius 3 is 2.59 bits per heavy atom. The Labute approximate surface area is 157 Å². The third kappa shape index (κ3) is 5.06. The van der Waals surface area contributed by atoms with Crippen molar-refractivity contribution in [3.8, 4) is 11.5 Å². The zero-order valence-corrected chi connectivity index (χ0v) is 15.2. The molecule has 0 atom stereocenters. The molecule has 0 aliphatic carbocycles. The first-order valence-corrected chi connectivity index (χ1v) is 8.97. The number of fused-ring (bicyclic) bond motifs is 1. The van der Waals surface area contributed by atoms with E-state index in [2.05, 4.69) is 5.32 Å². The number of carbonyl (C=O) groups is 2. The van der Waals surface area contributed by atoms with Gasteiger partial charge in [0.05, 0.1) is 13.2 Å². The van der Waals surface area contributed by atoms with Crippen molar-refractivity contribution in [3.63, 3.8) is 0 Å². The molecule has 3 rings (SSSR count). The van der Waals surface area contributed by atoms with E-state index in [9.17, 15) is 14.0 Å². The summed E-state index contributed by atoms with van der Waals surface area (Å²) in [5.41, 5.74) is 1.85. The van der Waals surface area contributed by atoms with Crippen molar-refractivity contribution >= 4 is 11.7 Å². The fraction of sp³-hybridized carbons (Fsp3) is 0.333. The molecular formula is C21H22FNO4. The molecule has 0 fully saturated rings. The second-order valence-corrected chi connectivity index (χ2v) is 6.50. The Bertz CT molecular complexity index is 850. The number of benzene rings is 2. The second-order valence-electron chi connectivity index (χ2n) is 6.50. The fourth-order valence-electron chi connectivity index (χ4n) is 2.81. The normalized spacial score (nSPS) is 13.0. The number of nitrogens with one attached hydrogen (secondary N) is 1. The van der Waals surface area contributed by atoms with Crippen LogP contribution in [0.4, 0.5) is 4.39 Å². The fourth-order valence-corrected chi connectivity index (χ4v) is 2.81. The Kier molecular flexibility index (Phi) is 6.06. The lowest BCUT2D eigenvalue weighted by Gasteiger charge is -2.09. The lowest BCUT2D eigenvalue weighted by Crippen LogP contribution is -2.23. The molecular weight excluding hydrogens is 349 g/mol. The standard InChI is InChI=1S/C21H22FNO4/c1-14-11-15(3-5-17(14)22)13-23-21(25)8-6-18(24)16-4-7-19-20(12-16)27-10-2-9-26-19/h3-5,7,11-12H,2,6,8-10,13H2,1H3,(H,23,25). The van der Waals surface area contributed by atoms with Crippen LogP contribution in [0, 0.1) is 12.7 Å². The quantitative estimate of drug-likeness (QED) is 0.789. The van der Waals surface area contributed by atoms with E-state index < -0.39 is 0 Å². The summed E-state index contributed by atoms with van der Waals surface area (Å²) in [5, 5.41) is 2.75. The van der Waals surface area contributed by atoms with Gasteiger partial charge in [-0.3, -0.25) is 9.59 Å². The zero-order chi connectivity index (χ0) is 19.2. The Morgan fingerprint density at radius 2 is 1.81 bits per heavy atom. The smallest absolute Gasteiger partial charge is 0.220 e. The number of rotatable bonds is 6. The van der Waals surface area contributed by atoms with E-state index in [0.717, 1.165) is 12.0 Å². The third-order valence-electron chi connectivity index (χ3n) is 4.36. The van der Waals surface area contributed by atoms with E-state index in [0.29, 0.717) is 42.4 Å². The van der Waals surface area contributed by atoms with Gasteiger partial charge in [0.25, 0.3) is 0 Å². The number of carbonyl (C=O) groups excluding carboxylic acids is 2. The molecule has 2 aromatic carbocycles. The summed E-state index contributed by atoms with van der Waals surface area (Å²) in [6, 6.07) is 9.79. The summed E-state index contributed by atoms with van der Waals surface area (Å²) >= 11 is 0. The highest BCUT2D eigenvalue weighted by atomic mass is 19.1. The average Bonchev–Trinajstić information content (AvgIpc) is 2.91. The van der Waals surface area contributed by atoms with Gasteiger partial charge in [-0.1, -0.05) is 12.1 Å². The van der Waals surface area contributed by atoms with Crippen LogP contribution in [0.1, 0.15) is 40.7 Å². The van der Waals surface area contributed by atoms with Crippen molar-refractivity contribution in [1.82, 2.24) is 5.32 Å². The molecule has 0 radical (unpaired) electrons. The predicted octanol–water partition coefficient (Wildman–Crippen LogP) is 3.57. The van der Waals surface area contributed by atoms with Crippen LogP contribution in [0.3, 0.4) is 0 Å². The monoisotopic (exact) mass is 371 g/mol. The molecule has 27 heavy (non-hydrogen) atoms. The van der Waals surface area contributed by atoms with Crippen LogP contribution in [-0.4, -0.2) is 24.9 Å². The topological polar surface area (TPSA) is 64.6 Å². The minimum Gasteiger partial charge on any atom is -0.490 e. The Balaban J connectivity index is 1.50. The molecule has 5 nitrogen and oxygen atoms in total. The van der Waals surface area contributed by atoms with Crippen molar-refractivity contribution < 1.29 is 23.5 Å². The van der Waals surface area contributed by atoms with E-state index in [-0.39, 0.29) is 30.3 Å². The highest BCUT2D eigenvalue weighted by Crippen LogP contribution is 2.30. The van der Waals surface area contributed by atoms with Crippen molar-refractivity contribution in [3.05, 3.63) is 58.9 Å². The van der Waals surface area contributed by atoms with Crippen LogP contribution in [0.25, 0.3) is 0 Å². The molecule has 142 valence electrons. The molecule has 0 bridgehead atoms. The zero-order valence-electron chi connectivity index (χ0n) is 15.2. The van der Waals surface area contributed by atoms with Gasteiger partial charge in [-0.05, 0) is 42.3 Å². The molecule has 6 heteroatoms. The molecule has 1 amide bonds. The summed E-state index contributed by atoms with van der Waals surface area (Å²) in [4.78, 5) is 24.4. The van der Waals surface area contributed by atoms with Gasteiger partial charge in [-0.15, -0.1) is 0 Å². The van der Waals surface area contributed by atoms with Crippen LogP contribution in [0.15, 0.2) is 36.4 Å². The highest BCUT2D eigenvalue weighted by Gasteiger charge is 2.15. The first kappa shape index (κ1) is 18.9. The minimum absolute atomic E-state index is 0.0907. The largest absolute Gasteiger partial charge is 0.490 e. The molecule has 1 aliphatic rings. The molecule has 1 N–H and O–H groups in total. The molecule has 0 saturated heterocycles. The maximum absolute atomic E-state index is 13.3. The predicted molar refractivity (Wildman–Crippen MR) is 98.6 cm³/mol. The molecule has 0 spiro atoms. The van der Waals surface area contributed by atoms with Crippen molar-refractivity contribution in [2.75, 3.05) is 13.2 Å². The van der Waals surface area contributed by atoms with Gasteiger partial charge in [0.2, 0.25) is 5.91 Å². The van der Waals surface area contributed by atoms with E-state index in [1.54, 1.807) is 37.3 Å². The molecule has 1 heterocycles. The van der Waals surface area contributed by atoms with Crippen LogP contribution >= 0.6 is 0 Å². The number of hydrogen-bond donors (Lipinski definition) is 1. The van der Waals surface area contributed by atoms with Crippen LogP contribution in [-0.2, 0) is 11.3 Å². The number of Topliss-reactive ketones (excluding diaryl/α,β-unsaturated/α-hetero) is 1. The number of hydrogen-bond acceptors (Lipinski definition) is 4. The van der Waals surface area contributed by atoms with E-state index in [1.165, 1.54) is 6.07 Å². The van der Waals surface area contributed by atoms with Crippen LogP contribution < -0.4 is 14.8 Å². The minimum atomic E-state index is -0.272. The van der Waals surface area contributed by atoms with E-state index in [4.69, 9.17) is 9.47 Å². The average molecular weight is 371 g/mol. The molecule has 0 saturated carbocycles. The second kappa shape index (κ2) is 8.66. The van der Waals surface area contributed by atoms with Gasteiger partial charge in [-0.25, -0.2) is 4.39 Å². The molecule has 0 aromatic heterocycles. The van der Waals surface area contributed by atoms with Crippen molar-refractivity contribution in [2.24, 2.45) is 0 Å². The first-order valence-electron chi connectivity index (χ1n) is 8.97. The number of ether oxygens (including phenoxy) is 2. The lowest BCUT2D eigenvalue weighted by molar-refractivity contribution is -0.121. The van der Waals surface area contributed by atoms with Crippen LogP contribution in [0.2, 0.25) is 0 Å². The Hall–Kier alpha value is -2.89. The number of aryl methyl sites for hydroxylation is 1. The number of amides is 1. The summed E-state index contributed by atoms with van der Waals surface area (Å²) in [6.07, 6.45) is 0.993. The number of ketones is 1. The summed E-state index contributed by atoms with van der Waals surface area (Å²) in [5.74, 6) is 0.578. The maximum Gasteiger partial charge on any atom is 0.220 e. The Morgan fingerprint density at radius 1 is 1.04 bits per heavy atom. The molecule has 2 aromatic rings. The summed E-state index contributed by atoms with van der Waals surface area (Å²) < 4.78 is 24.4. The van der Waals surface area contributed by atoms with Gasteiger partial charge >= 0.3 is 0 Å². The van der Waals surface area contributed by atoms with Gasteiger partial charge < -0.3 is 14.8 Å². The van der Waals surface area contributed by atoms with Gasteiger partial charge in [0.15, 0.2) is 17.3 Å². The van der Waals surface area contributed by atoms with E-state index in [1.807, 2.05) is 0 Å². The maximum atomic E-state index is 13.3. The summed E-state index contributed by atoms with van der Waals surface area (Å²) in [6.45, 7) is 3.12. The molecule has 1 aliphatic heterocycles. The number of halogens is 1. The first-order chi connectivity index (χ1) is 13.0. The third-order valence-corrected chi connectivity index (χ3v) is 4.36. The van der Waals surface area contributed by atoms with Gasteiger partial charge in [-0.2, -0.15) is 0 Å². The highest BCUT2D eigenvalue weighted by molar-refractivity contribution is 5.98. The van der Waals surface area contributed by atoms with E-state index >= 15 is 0 Å². The molecule has 0 unspecified atom stereocenters. The van der Waals surface area contributed by atoms with Gasteiger partial charge in [0.1, 0.15) is 5.82 Å². The van der Waals surface area contributed by atoms with Gasteiger partial charge in [0, 0.05) is 31.4 Å².